The Kier molecular flexibility index (Phi) is 9.63. The molecule has 1 atom stereocenters. The Morgan fingerprint density at radius 1 is 0.925 bits per heavy atom. The zero-order chi connectivity index (χ0) is 29.7. The maximum absolute atomic E-state index is 14.0. The van der Waals surface area contributed by atoms with E-state index in [1.54, 1.807) is 62.6 Å². The minimum atomic E-state index is -4.11. The molecular weight excluding hydrogens is 526 g/mol. The standard InChI is InChI=1S/C31H39N3O5S/c1-22-14-16-28(17-15-22)40(37,38)34(26-12-8-10-23(2)18-26)21-29(35)33(24(3)30(36)32-31(4,5)6)20-25-11-9-13-27(19-25)39-7/h8-19,24H,20-21H2,1-7H3,(H,32,36)/t24-/m1/s1. The second kappa shape index (κ2) is 12.6. The fraction of sp³-hybridized carbons (Fsp3) is 0.355. The molecule has 0 aromatic heterocycles. The van der Waals surface area contributed by atoms with Gasteiger partial charge in [0, 0.05) is 12.1 Å². The third kappa shape index (κ3) is 7.85. The van der Waals surface area contributed by atoms with Crippen LogP contribution in [0.5, 0.6) is 5.75 Å². The molecule has 0 fully saturated rings. The summed E-state index contributed by atoms with van der Waals surface area (Å²) < 4.78 is 34.3. The lowest BCUT2D eigenvalue weighted by Gasteiger charge is -2.33. The van der Waals surface area contributed by atoms with Crippen molar-refractivity contribution in [3.8, 4) is 5.75 Å². The SMILES string of the molecule is COc1cccc(CN(C(=O)CN(c2cccc(C)c2)S(=O)(=O)c2ccc(C)cc2)[C@H](C)C(=O)NC(C)(C)C)c1. The van der Waals surface area contributed by atoms with Gasteiger partial charge in [0.05, 0.1) is 17.7 Å². The van der Waals surface area contributed by atoms with Crippen LogP contribution in [0.1, 0.15) is 44.4 Å². The van der Waals surface area contributed by atoms with Crippen LogP contribution >= 0.6 is 0 Å². The van der Waals surface area contributed by atoms with Crippen molar-refractivity contribution in [1.82, 2.24) is 10.2 Å². The average molecular weight is 566 g/mol. The number of aryl methyl sites for hydroxylation is 2. The van der Waals surface area contributed by atoms with Gasteiger partial charge in [0.2, 0.25) is 11.8 Å². The molecule has 0 radical (unpaired) electrons. The van der Waals surface area contributed by atoms with Gasteiger partial charge in [-0.1, -0.05) is 42.0 Å². The summed E-state index contributed by atoms with van der Waals surface area (Å²) in [5.41, 5.74) is 2.35. The number of methoxy groups -OCH3 is 1. The molecule has 0 saturated carbocycles. The first kappa shape index (κ1) is 30.7. The maximum atomic E-state index is 14.0. The third-order valence-corrected chi connectivity index (χ3v) is 8.12. The zero-order valence-electron chi connectivity index (χ0n) is 24.3. The van der Waals surface area contributed by atoms with Crippen LogP contribution in [0.4, 0.5) is 5.69 Å². The summed E-state index contributed by atoms with van der Waals surface area (Å²) in [7, 11) is -2.56. The number of benzene rings is 3. The van der Waals surface area contributed by atoms with E-state index in [-0.39, 0.29) is 17.3 Å². The number of nitrogens with one attached hydrogen (secondary N) is 1. The van der Waals surface area contributed by atoms with Gasteiger partial charge in [-0.2, -0.15) is 0 Å². The molecule has 3 aromatic rings. The minimum Gasteiger partial charge on any atom is -0.497 e. The van der Waals surface area contributed by atoms with E-state index in [9.17, 15) is 18.0 Å². The number of nitrogens with zero attached hydrogens (tertiary/aromatic N) is 2. The Balaban J connectivity index is 2.05. The molecule has 9 heteroatoms. The van der Waals surface area contributed by atoms with E-state index in [1.807, 2.05) is 46.8 Å². The molecular formula is C31H39N3O5S. The van der Waals surface area contributed by atoms with Crippen molar-refractivity contribution in [1.29, 1.82) is 0 Å². The van der Waals surface area contributed by atoms with Crippen LogP contribution < -0.4 is 14.4 Å². The second-order valence-corrected chi connectivity index (χ2v) is 12.8. The molecule has 2 amide bonds. The summed E-state index contributed by atoms with van der Waals surface area (Å²) in [6.07, 6.45) is 0. The predicted molar refractivity (Wildman–Crippen MR) is 158 cm³/mol. The molecule has 214 valence electrons. The van der Waals surface area contributed by atoms with Crippen molar-refractivity contribution in [3.63, 3.8) is 0 Å². The van der Waals surface area contributed by atoms with Crippen molar-refractivity contribution in [2.24, 2.45) is 0 Å². The lowest BCUT2D eigenvalue weighted by atomic mass is 10.1. The Bertz CT molecular complexity index is 1450. The van der Waals surface area contributed by atoms with Gasteiger partial charge >= 0.3 is 0 Å². The topological polar surface area (TPSA) is 96.0 Å². The van der Waals surface area contributed by atoms with Gasteiger partial charge in [0.1, 0.15) is 18.3 Å². The van der Waals surface area contributed by atoms with E-state index in [0.29, 0.717) is 11.4 Å². The van der Waals surface area contributed by atoms with Crippen LogP contribution in [0.3, 0.4) is 0 Å². The average Bonchev–Trinajstić information content (AvgIpc) is 2.89. The Morgan fingerprint density at radius 3 is 2.17 bits per heavy atom. The number of sulfonamides is 1. The summed E-state index contributed by atoms with van der Waals surface area (Å²) in [6.45, 7) is 10.6. The van der Waals surface area contributed by atoms with Crippen molar-refractivity contribution in [2.75, 3.05) is 18.0 Å². The van der Waals surface area contributed by atoms with E-state index in [0.717, 1.165) is 21.0 Å². The third-order valence-electron chi connectivity index (χ3n) is 6.33. The Labute approximate surface area is 238 Å². The van der Waals surface area contributed by atoms with Crippen molar-refractivity contribution in [3.05, 3.63) is 89.5 Å². The first-order valence-corrected chi connectivity index (χ1v) is 14.6. The monoisotopic (exact) mass is 565 g/mol. The molecule has 3 aromatic carbocycles. The quantitative estimate of drug-likeness (QED) is 0.380. The van der Waals surface area contributed by atoms with Crippen molar-refractivity contribution < 1.29 is 22.7 Å². The molecule has 0 heterocycles. The summed E-state index contributed by atoms with van der Waals surface area (Å²) >= 11 is 0. The number of hydrogen-bond donors (Lipinski definition) is 1. The van der Waals surface area contributed by atoms with Gasteiger partial charge in [-0.05, 0) is 89.1 Å². The van der Waals surface area contributed by atoms with Crippen LogP contribution in [0.2, 0.25) is 0 Å². The molecule has 0 spiro atoms. The largest absolute Gasteiger partial charge is 0.497 e. The molecule has 40 heavy (non-hydrogen) atoms. The summed E-state index contributed by atoms with van der Waals surface area (Å²) in [5, 5.41) is 2.93. The second-order valence-electron chi connectivity index (χ2n) is 11.0. The zero-order valence-corrected chi connectivity index (χ0v) is 25.1. The lowest BCUT2D eigenvalue weighted by molar-refractivity contribution is -0.140. The first-order chi connectivity index (χ1) is 18.7. The molecule has 3 rings (SSSR count). The highest BCUT2D eigenvalue weighted by Crippen LogP contribution is 2.26. The number of amides is 2. The van der Waals surface area contributed by atoms with E-state index in [2.05, 4.69) is 5.32 Å². The summed E-state index contributed by atoms with van der Waals surface area (Å²) in [4.78, 5) is 28.7. The van der Waals surface area contributed by atoms with Crippen molar-refractivity contribution >= 4 is 27.5 Å². The van der Waals surface area contributed by atoms with Gasteiger partial charge in [0.25, 0.3) is 10.0 Å². The Hall–Kier alpha value is -3.85. The molecule has 0 aliphatic heterocycles. The fourth-order valence-electron chi connectivity index (χ4n) is 4.17. The van der Waals surface area contributed by atoms with E-state index in [1.165, 1.54) is 17.0 Å². The van der Waals surface area contributed by atoms with Crippen LogP contribution in [0, 0.1) is 13.8 Å². The normalized spacial score (nSPS) is 12.4. The number of hydrogen-bond acceptors (Lipinski definition) is 5. The number of rotatable bonds is 10. The van der Waals surface area contributed by atoms with Crippen molar-refractivity contribution in [2.45, 2.75) is 64.6 Å². The highest BCUT2D eigenvalue weighted by atomic mass is 32.2. The molecule has 0 aliphatic carbocycles. The molecule has 0 unspecified atom stereocenters. The number of anilines is 1. The fourth-order valence-corrected chi connectivity index (χ4v) is 5.58. The molecule has 0 aliphatic rings. The maximum Gasteiger partial charge on any atom is 0.264 e. The molecule has 0 bridgehead atoms. The number of carbonyl (C=O) groups excluding carboxylic acids is 2. The van der Waals surface area contributed by atoms with E-state index < -0.39 is 34.1 Å². The van der Waals surface area contributed by atoms with E-state index in [4.69, 9.17) is 4.74 Å². The number of ether oxygens (including phenoxy) is 1. The Morgan fingerprint density at radius 2 is 1.57 bits per heavy atom. The first-order valence-electron chi connectivity index (χ1n) is 13.1. The van der Waals surface area contributed by atoms with Gasteiger partial charge in [0.15, 0.2) is 0 Å². The molecule has 1 N–H and O–H groups in total. The van der Waals surface area contributed by atoms with Gasteiger partial charge in [-0.3, -0.25) is 13.9 Å². The van der Waals surface area contributed by atoms with Gasteiger partial charge in [-0.15, -0.1) is 0 Å². The molecule has 0 saturated heterocycles. The summed E-state index contributed by atoms with van der Waals surface area (Å²) in [5.74, 6) is -0.246. The predicted octanol–water partition coefficient (Wildman–Crippen LogP) is 4.84. The number of carbonyl (C=O) groups is 2. The highest BCUT2D eigenvalue weighted by Gasteiger charge is 2.33. The van der Waals surface area contributed by atoms with Crippen LogP contribution in [-0.2, 0) is 26.2 Å². The smallest absolute Gasteiger partial charge is 0.264 e. The van der Waals surface area contributed by atoms with Crippen LogP contribution in [0.15, 0.2) is 77.7 Å². The minimum absolute atomic E-state index is 0.0743. The molecule has 8 nitrogen and oxygen atoms in total. The van der Waals surface area contributed by atoms with Gasteiger partial charge < -0.3 is 15.0 Å². The highest BCUT2D eigenvalue weighted by molar-refractivity contribution is 7.92. The van der Waals surface area contributed by atoms with E-state index >= 15 is 0 Å². The van der Waals surface area contributed by atoms with Crippen LogP contribution in [-0.4, -0.2) is 50.4 Å². The van der Waals surface area contributed by atoms with Crippen LogP contribution in [0.25, 0.3) is 0 Å². The van der Waals surface area contributed by atoms with Gasteiger partial charge in [-0.25, -0.2) is 8.42 Å². The lowest BCUT2D eigenvalue weighted by Crippen LogP contribution is -2.54. The summed E-state index contributed by atoms with van der Waals surface area (Å²) in [6, 6.07) is 19.8.